The minimum absolute atomic E-state index is 0.0445. The highest BCUT2D eigenvalue weighted by Gasteiger charge is 2.27. The second-order valence-electron chi connectivity index (χ2n) is 9.23. The zero-order valence-electron chi connectivity index (χ0n) is 21.1. The van der Waals surface area contributed by atoms with E-state index in [9.17, 15) is 13.2 Å². The molecule has 5 rings (SSSR count). The molecule has 4 aromatic rings. The number of hydrogen-bond donors (Lipinski definition) is 0. The number of amides is 1. The van der Waals surface area contributed by atoms with Gasteiger partial charge in [-0.1, -0.05) is 65.7 Å². The molecule has 0 aliphatic carbocycles. The number of anilines is 2. The van der Waals surface area contributed by atoms with Gasteiger partial charge in [0.2, 0.25) is 0 Å². The number of halogens is 2. The van der Waals surface area contributed by atoms with Crippen molar-refractivity contribution in [3.63, 3.8) is 0 Å². The first-order chi connectivity index (χ1) is 18.8. The van der Waals surface area contributed by atoms with Crippen LogP contribution < -0.4 is 9.21 Å². The van der Waals surface area contributed by atoms with Crippen molar-refractivity contribution in [3.05, 3.63) is 124 Å². The van der Waals surface area contributed by atoms with E-state index in [1.807, 2.05) is 23.1 Å². The molecule has 0 unspecified atom stereocenters. The van der Waals surface area contributed by atoms with E-state index < -0.39 is 10.0 Å². The normalized spacial score (nSPS) is 13.8. The van der Waals surface area contributed by atoms with Gasteiger partial charge in [0.05, 0.1) is 27.2 Å². The van der Waals surface area contributed by atoms with E-state index >= 15 is 0 Å². The number of piperazine rings is 1. The number of benzene rings is 4. The molecule has 0 saturated carbocycles. The van der Waals surface area contributed by atoms with Crippen molar-refractivity contribution < 1.29 is 13.2 Å². The van der Waals surface area contributed by atoms with Gasteiger partial charge in [-0.25, -0.2) is 8.42 Å². The third-order valence-electron chi connectivity index (χ3n) is 6.73. The monoisotopic (exact) mass is 579 g/mol. The standard InChI is InChI=1S/C30H27Cl2N3O3S/c31-28-16-11-23(21-29(28)32)22-35(39(37,38)27-9-5-2-6-10-27)26-14-12-24(13-15-26)30(36)34-19-17-33(18-20-34)25-7-3-1-4-8-25/h1-16,21H,17-20,22H2. The highest BCUT2D eigenvalue weighted by Crippen LogP contribution is 2.29. The van der Waals surface area contributed by atoms with Crippen molar-refractivity contribution in [3.8, 4) is 0 Å². The zero-order chi connectivity index (χ0) is 27.4. The number of nitrogens with zero attached hydrogens (tertiary/aromatic N) is 3. The van der Waals surface area contributed by atoms with E-state index in [4.69, 9.17) is 23.2 Å². The average molecular weight is 581 g/mol. The van der Waals surface area contributed by atoms with E-state index in [1.54, 1.807) is 72.8 Å². The van der Waals surface area contributed by atoms with Crippen LogP contribution in [0.2, 0.25) is 10.0 Å². The summed E-state index contributed by atoms with van der Waals surface area (Å²) < 4.78 is 28.7. The topological polar surface area (TPSA) is 60.9 Å². The summed E-state index contributed by atoms with van der Waals surface area (Å²) in [6.07, 6.45) is 0. The van der Waals surface area contributed by atoms with Crippen LogP contribution in [0.4, 0.5) is 11.4 Å². The Kier molecular flexibility index (Phi) is 8.12. The summed E-state index contributed by atoms with van der Waals surface area (Å²) >= 11 is 12.3. The maximum Gasteiger partial charge on any atom is 0.264 e. The van der Waals surface area contributed by atoms with Gasteiger partial charge in [0.15, 0.2) is 0 Å². The SMILES string of the molecule is O=C(c1ccc(N(Cc2ccc(Cl)c(Cl)c2)S(=O)(=O)c2ccccc2)cc1)N1CCN(c2ccccc2)CC1. The van der Waals surface area contributed by atoms with Crippen molar-refractivity contribution in [1.82, 2.24) is 4.90 Å². The van der Waals surface area contributed by atoms with Crippen molar-refractivity contribution in [2.75, 3.05) is 35.4 Å². The summed E-state index contributed by atoms with van der Waals surface area (Å²) in [7, 11) is -3.90. The fraction of sp³-hybridized carbons (Fsp3) is 0.167. The van der Waals surface area contributed by atoms with E-state index in [0.717, 1.165) is 18.8 Å². The molecule has 0 spiro atoms. The van der Waals surface area contributed by atoms with E-state index in [-0.39, 0.29) is 17.3 Å². The molecule has 6 nitrogen and oxygen atoms in total. The van der Waals surface area contributed by atoms with Crippen molar-refractivity contribution in [2.45, 2.75) is 11.4 Å². The Morgan fingerprint density at radius 2 is 1.36 bits per heavy atom. The van der Waals surface area contributed by atoms with E-state index in [2.05, 4.69) is 17.0 Å². The number of carbonyl (C=O) groups is 1. The molecule has 0 aromatic heterocycles. The minimum Gasteiger partial charge on any atom is -0.368 e. The van der Waals surface area contributed by atoms with Crippen LogP contribution in [0, 0.1) is 0 Å². The smallest absolute Gasteiger partial charge is 0.264 e. The van der Waals surface area contributed by atoms with Crippen LogP contribution in [-0.4, -0.2) is 45.4 Å². The molecule has 0 N–H and O–H groups in total. The third kappa shape index (κ3) is 6.06. The lowest BCUT2D eigenvalue weighted by molar-refractivity contribution is 0.0747. The Morgan fingerprint density at radius 1 is 0.744 bits per heavy atom. The predicted molar refractivity (Wildman–Crippen MR) is 157 cm³/mol. The van der Waals surface area contributed by atoms with Crippen molar-refractivity contribution >= 4 is 50.5 Å². The van der Waals surface area contributed by atoms with E-state index in [1.165, 1.54) is 4.31 Å². The summed E-state index contributed by atoms with van der Waals surface area (Å²) in [6, 6.07) is 30.2. The van der Waals surface area contributed by atoms with Crippen LogP contribution in [-0.2, 0) is 16.6 Å². The number of hydrogen-bond acceptors (Lipinski definition) is 4. The quantitative estimate of drug-likeness (QED) is 0.256. The Labute approximate surface area is 239 Å². The molecule has 200 valence electrons. The molecule has 0 radical (unpaired) electrons. The molecule has 1 aliphatic rings. The minimum atomic E-state index is -3.90. The molecular weight excluding hydrogens is 553 g/mol. The molecule has 9 heteroatoms. The Morgan fingerprint density at radius 3 is 1.97 bits per heavy atom. The second-order valence-corrected chi connectivity index (χ2v) is 11.9. The molecule has 1 saturated heterocycles. The summed E-state index contributed by atoms with van der Waals surface area (Å²) in [6.45, 7) is 2.77. The first-order valence-corrected chi connectivity index (χ1v) is 14.7. The highest BCUT2D eigenvalue weighted by atomic mass is 35.5. The summed E-state index contributed by atoms with van der Waals surface area (Å²) in [4.78, 5) is 17.5. The van der Waals surface area contributed by atoms with Gasteiger partial charge >= 0.3 is 0 Å². The van der Waals surface area contributed by atoms with Gasteiger partial charge in [-0.05, 0) is 66.2 Å². The average Bonchev–Trinajstić information content (AvgIpc) is 2.98. The maximum absolute atomic E-state index is 13.7. The van der Waals surface area contributed by atoms with Gasteiger partial charge < -0.3 is 9.80 Å². The number of carbonyl (C=O) groups excluding carboxylic acids is 1. The van der Waals surface area contributed by atoms with Crippen LogP contribution in [0.1, 0.15) is 15.9 Å². The second kappa shape index (κ2) is 11.7. The maximum atomic E-state index is 13.7. The van der Waals surface area contributed by atoms with Gasteiger partial charge in [0.1, 0.15) is 0 Å². The van der Waals surface area contributed by atoms with Gasteiger partial charge in [0.25, 0.3) is 15.9 Å². The fourth-order valence-corrected chi connectivity index (χ4v) is 6.39. The lowest BCUT2D eigenvalue weighted by Gasteiger charge is -2.36. The largest absolute Gasteiger partial charge is 0.368 e. The summed E-state index contributed by atoms with van der Waals surface area (Å²) in [5.74, 6) is -0.0730. The molecule has 1 aliphatic heterocycles. The van der Waals surface area contributed by atoms with Crippen LogP contribution in [0.25, 0.3) is 0 Å². The van der Waals surface area contributed by atoms with Crippen LogP contribution in [0.15, 0.2) is 108 Å². The Bertz CT molecular complexity index is 1540. The summed E-state index contributed by atoms with van der Waals surface area (Å²) in [5.41, 5.74) is 2.78. The predicted octanol–water partition coefficient (Wildman–Crippen LogP) is 6.35. The lowest BCUT2D eigenvalue weighted by Crippen LogP contribution is -2.48. The number of para-hydroxylation sites is 1. The molecular formula is C30H27Cl2N3O3S. The molecule has 1 amide bonds. The van der Waals surface area contributed by atoms with Crippen molar-refractivity contribution in [2.24, 2.45) is 0 Å². The zero-order valence-corrected chi connectivity index (χ0v) is 23.4. The summed E-state index contributed by atoms with van der Waals surface area (Å²) in [5, 5.41) is 0.741. The highest BCUT2D eigenvalue weighted by molar-refractivity contribution is 7.92. The Balaban J connectivity index is 1.36. The van der Waals surface area contributed by atoms with Gasteiger partial charge in [-0.15, -0.1) is 0 Å². The molecule has 39 heavy (non-hydrogen) atoms. The first-order valence-electron chi connectivity index (χ1n) is 12.5. The molecule has 4 aromatic carbocycles. The number of sulfonamides is 1. The van der Waals surface area contributed by atoms with Gasteiger partial charge in [-0.3, -0.25) is 9.10 Å². The third-order valence-corrected chi connectivity index (χ3v) is 9.26. The molecule has 0 atom stereocenters. The molecule has 1 heterocycles. The fourth-order valence-electron chi connectivity index (χ4n) is 4.60. The lowest BCUT2D eigenvalue weighted by atomic mass is 10.1. The van der Waals surface area contributed by atoms with Crippen LogP contribution >= 0.6 is 23.2 Å². The van der Waals surface area contributed by atoms with Gasteiger partial charge in [-0.2, -0.15) is 0 Å². The molecule has 0 bridgehead atoms. The molecule has 1 fully saturated rings. The van der Waals surface area contributed by atoms with Crippen LogP contribution in [0.3, 0.4) is 0 Å². The number of rotatable bonds is 7. The first kappa shape index (κ1) is 27.1. The van der Waals surface area contributed by atoms with Crippen LogP contribution in [0.5, 0.6) is 0 Å². The Hall–Kier alpha value is -3.52. The van der Waals surface area contributed by atoms with Gasteiger partial charge in [0, 0.05) is 37.4 Å². The van der Waals surface area contributed by atoms with Crippen molar-refractivity contribution in [1.29, 1.82) is 0 Å². The van der Waals surface area contributed by atoms with E-state index in [0.29, 0.717) is 39.9 Å².